The number of carbonyl (C=O) groups is 1. The lowest BCUT2D eigenvalue weighted by Gasteiger charge is -2.06. The molecule has 0 bridgehead atoms. The Balaban J connectivity index is 1.56. The molecule has 24 heavy (non-hydrogen) atoms. The van der Waals surface area contributed by atoms with E-state index in [9.17, 15) is 4.79 Å². The Morgan fingerprint density at radius 1 is 1.04 bits per heavy atom. The summed E-state index contributed by atoms with van der Waals surface area (Å²) >= 11 is 0. The minimum Gasteiger partial charge on any atom is -0.460 e. The predicted octanol–water partition coefficient (Wildman–Crippen LogP) is 3.78. The second-order valence-electron chi connectivity index (χ2n) is 5.88. The molecule has 0 saturated heterocycles. The highest BCUT2D eigenvalue weighted by Gasteiger charge is 2.08. The fourth-order valence-corrected chi connectivity index (χ4v) is 2.45. The predicted molar refractivity (Wildman–Crippen MR) is 93.0 cm³/mol. The van der Waals surface area contributed by atoms with Crippen molar-refractivity contribution in [2.24, 2.45) is 0 Å². The topological polar surface area (TPSA) is 44.1 Å². The number of para-hydroxylation sites is 1. The summed E-state index contributed by atoms with van der Waals surface area (Å²) in [6.45, 7) is 4.33. The molecule has 0 unspecified atom stereocenters. The molecule has 0 aliphatic carbocycles. The van der Waals surface area contributed by atoms with Crippen LogP contribution in [0.4, 0.5) is 0 Å². The SMILES string of the molecule is Cc1ccc(CC(=O)OCc2cnn(-c3ccccc3)c2)cc1C. The van der Waals surface area contributed by atoms with Gasteiger partial charge in [0.1, 0.15) is 6.61 Å². The molecule has 0 radical (unpaired) electrons. The number of hydrogen-bond acceptors (Lipinski definition) is 3. The van der Waals surface area contributed by atoms with Gasteiger partial charge in [-0.05, 0) is 42.7 Å². The smallest absolute Gasteiger partial charge is 0.310 e. The molecule has 0 saturated carbocycles. The molecule has 4 heteroatoms. The van der Waals surface area contributed by atoms with Crippen molar-refractivity contribution in [3.05, 3.63) is 83.2 Å². The average Bonchev–Trinajstić information content (AvgIpc) is 3.06. The summed E-state index contributed by atoms with van der Waals surface area (Å²) in [5.41, 5.74) is 5.23. The van der Waals surface area contributed by atoms with Gasteiger partial charge >= 0.3 is 5.97 Å². The highest BCUT2D eigenvalue weighted by Crippen LogP contribution is 2.12. The number of benzene rings is 2. The summed E-state index contributed by atoms with van der Waals surface area (Å²) in [6, 6.07) is 15.9. The number of ether oxygens (including phenoxy) is 1. The van der Waals surface area contributed by atoms with Crippen LogP contribution in [0, 0.1) is 13.8 Å². The Morgan fingerprint density at radius 3 is 2.58 bits per heavy atom. The van der Waals surface area contributed by atoms with Crippen molar-refractivity contribution >= 4 is 5.97 Å². The van der Waals surface area contributed by atoms with Gasteiger partial charge in [-0.2, -0.15) is 5.10 Å². The van der Waals surface area contributed by atoms with E-state index >= 15 is 0 Å². The number of rotatable bonds is 5. The zero-order valence-electron chi connectivity index (χ0n) is 13.9. The maximum absolute atomic E-state index is 12.0. The van der Waals surface area contributed by atoms with Crippen LogP contribution < -0.4 is 0 Å². The first-order chi connectivity index (χ1) is 11.6. The molecule has 1 heterocycles. The number of carbonyl (C=O) groups excluding carboxylic acids is 1. The summed E-state index contributed by atoms with van der Waals surface area (Å²) < 4.78 is 7.13. The molecule has 3 aromatic rings. The van der Waals surface area contributed by atoms with E-state index in [1.807, 2.05) is 61.7 Å². The fourth-order valence-electron chi connectivity index (χ4n) is 2.45. The lowest BCUT2D eigenvalue weighted by Crippen LogP contribution is -2.08. The average molecular weight is 320 g/mol. The molecule has 0 atom stereocenters. The first kappa shape index (κ1) is 16.0. The van der Waals surface area contributed by atoms with E-state index in [0.717, 1.165) is 16.8 Å². The largest absolute Gasteiger partial charge is 0.460 e. The van der Waals surface area contributed by atoms with Crippen molar-refractivity contribution in [3.8, 4) is 5.69 Å². The zero-order chi connectivity index (χ0) is 16.9. The van der Waals surface area contributed by atoms with E-state index in [2.05, 4.69) is 12.0 Å². The standard InChI is InChI=1S/C20H20N2O2/c1-15-8-9-17(10-16(15)2)11-20(23)24-14-18-12-21-22(13-18)19-6-4-3-5-7-19/h3-10,12-13H,11,14H2,1-2H3. The third-order valence-electron chi connectivity index (χ3n) is 3.98. The summed E-state index contributed by atoms with van der Waals surface area (Å²) in [7, 11) is 0. The second-order valence-corrected chi connectivity index (χ2v) is 5.88. The Morgan fingerprint density at radius 2 is 1.83 bits per heavy atom. The molecule has 0 amide bonds. The van der Waals surface area contributed by atoms with E-state index in [-0.39, 0.29) is 19.0 Å². The van der Waals surface area contributed by atoms with Crippen LogP contribution in [0.3, 0.4) is 0 Å². The van der Waals surface area contributed by atoms with Gasteiger partial charge in [-0.15, -0.1) is 0 Å². The lowest BCUT2D eigenvalue weighted by molar-refractivity contribution is -0.144. The monoisotopic (exact) mass is 320 g/mol. The van der Waals surface area contributed by atoms with Crippen LogP contribution in [0.1, 0.15) is 22.3 Å². The molecule has 0 aliphatic rings. The van der Waals surface area contributed by atoms with E-state index < -0.39 is 0 Å². The molecule has 1 aromatic heterocycles. The maximum atomic E-state index is 12.0. The van der Waals surface area contributed by atoms with E-state index in [1.54, 1.807) is 10.9 Å². The quantitative estimate of drug-likeness (QED) is 0.672. The molecule has 0 fully saturated rings. The molecule has 0 spiro atoms. The molecule has 0 aliphatic heterocycles. The third kappa shape index (κ3) is 3.90. The number of aryl methyl sites for hydroxylation is 2. The molecular formula is C20H20N2O2. The normalized spacial score (nSPS) is 10.6. The van der Waals surface area contributed by atoms with Gasteiger partial charge in [-0.25, -0.2) is 4.68 Å². The highest BCUT2D eigenvalue weighted by atomic mass is 16.5. The van der Waals surface area contributed by atoms with Gasteiger partial charge in [0.15, 0.2) is 0 Å². The fraction of sp³-hybridized carbons (Fsp3) is 0.200. The van der Waals surface area contributed by atoms with E-state index in [4.69, 9.17) is 4.74 Å². The summed E-state index contributed by atoms with van der Waals surface area (Å²) in [4.78, 5) is 12.0. The third-order valence-corrected chi connectivity index (χ3v) is 3.98. The first-order valence-electron chi connectivity index (χ1n) is 7.92. The molecule has 122 valence electrons. The minimum absolute atomic E-state index is 0.231. The van der Waals surface area contributed by atoms with Crippen LogP contribution in [-0.4, -0.2) is 15.7 Å². The summed E-state index contributed by atoms with van der Waals surface area (Å²) in [6.07, 6.45) is 3.88. The van der Waals surface area contributed by atoms with Crippen LogP contribution in [0.5, 0.6) is 0 Å². The van der Waals surface area contributed by atoms with Gasteiger partial charge < -0.3 is 4.74 Å². The van der Waals surface area contributed by atoms with E-state index in [0.29, 0.717) is 0 Å². The van der Waals surface area contributed by atoms with Gasteiger partial charge in [0.25, 0.3) is 0 Å². The summed E-state index contributed by atoms with van der Waals surface area (Å²) in [5, 5.41) is 4.30. The van der Waals surface area contributed by atoms with Crippen molar-refractivity contribution in [3.63, 3.8) is 0 Å². The van der Waals surface area contributed by atoms with Gasteiger partial charge in [0.2, 0.25) is 0 Å². The number of hydrogen-bond donors (Lipinski definition) is 0. The Bertz CT molecular complexity index is 838. The number of esters is 1. The Hall–Kier alpha value is -2.88. The zero-order valence-corrected chi connectivity index (χ0v) is 13.9. The van der Waals surface area contributed by atoms with Crippen molar-refractivity contribution in [2.75, 3.05) is 0 Å². The van der Waals surface area contributed by atoms with Gasteiger partial charge in [0.05, 0.1) is 18.3 Å². The van der Waals surface area contributed by atoms with Gasteiger partial charge in [-0.3, -0.25) is 4.79 Å². The van der Waals surface area contributed by atoms with Crippen LogP contribution in [0.15, 0.2) is 60.9 Å². The Labute approximate surface area is 141 Å². The van der Waals surface area contributed by atoms with E-state index in [1.165, 1.54) is 11.1 Å². The van der Waals surface area contributed by atoms with Crippen LogP contribution in [0.2, 0.25) is 0 Å². The lowest BCUT2D eigenvalue weighted by atomic mass is 10.0. The van der Waals surface area contributed by atoms with Crippen molar-refractivity contribution < 1.29 is 9.53 Å². The van der Waals surface area contributed by atoms with Gasteiger partial charge in [-0.1, -0.05) is 36.4 Å². The van der Waals surface area contributed by atoms with Crippen LogP contribution >= 0.6 is 0 Å². The maximum Gasteiger partial charge on any atom is 0.310 e. The summed E-state index contributed by atoms with van der Waals surface area (Å²) in [5.74, 6) is -0.231. The van der Waals surface area contributed by atoms with Crippen molar-refractivity contribution in [2.45, 2.75) is 26.9 Å². The molecule has 0 N–H and O–H groups in total. The number of nitrogens with zero attached hydrogens (tertiary/aromatic N) is 2. The van der Waals surface area contributed by atoms with Gasteiger partial charge in [0, 0.05) is 11.8 Å². The minimum atomic E-state index is -0.231. The molecular weight excluding hydrogens is 300 g/mol. The molecule has 4 nitrogen and oxygen atoms in total. The first-order valence-corrected chi connectivity index (χ1v) is 7.92. The second kappa shape index (κ2) is 7.13. The van der Waals surface area contributed by atoms with Crippen molar-refractivity contribution in [1.82, 2.24) is 9.78 Å². The van der Waals surface area contributed by atoms with Crippen LogP contribution in [-0.2, 0) is 22.6 Å². The molecule has 3 rings (SSSR count). The molecule has 2 aromatic carbocycles. The van der Waals surface area contributed by atoms with Crippen molar-refractivity contribution in [1.29, 1.82) is 0 Å². The highest BCUT2D eigenvalue weighted by molar-refractivity contribution is 5.72. The number of aromatic nitrogens is 2. The van der Waals surface area contributed by atoms with Crippen LogP contribution in [0.25, 0.3) is 5.69 Å². The Kier molecular flexibility index (Phi) is 4.75.